The molecule has 0 bridgehead atoms. The van der Waals surface area contributed by atoms with Gasteiger partial charge >= 0.3 is 5.97 Å². The van der Waals surface area contributed by atoms with Crippen molar-refractivity contribution in [3.8, 4) is 5.75 Å². The maximum atomic E-state index is 12.0. The highest BCUT2D eigenvalue weighted by Gasteiger charge is 2.16. The van der Waals surface area contributed by atoms with E-state index in [2.05, 4.69) is 5.32 Å². The molecule has 6 heteroatoms. The smallest absolute Gasteiger partial charge is 0.333 e. The van der Waals surface area contributed by atoms with Crippen LogP contribution in [-0.4, -0.2) is 36.8 Å². The first kappa shape index (κ1) is 19.5. The molecule has 0 spiro atoms. The summed E-state index contributed by atoms with van der Waals surface area (Å²) in [6, 6.07) is 16.5. The van der Waals surface area contributed by atoms with Crippen LogP contribution >= 0.6 is 0 Å². The second-order valence-electron chi connectivity index (χ2n) is 5.90. The molecule has 0 saturated carbocycles. The monoisotopic (exact) mass is 357 g/mol. The first-order valence-electron chi connectivity index (χ1n) is 8.31. The Hall–Kier alpha value is -2.86. The van der Waals surface area contributed by atoms with E-state index in [0.717, 1.165) is 11.1 Å². The largest absolute Gasteiger partial charge is 0.484 e. The number of carboxylic acid groups (broad SMARTS) is 1. The third kappa shape index (κ3) is 5.89. The number of nitrogens with one attached hydrogen (secondary N) is 1. The molecule has 0 aromatic heterocycles. The summed E-state index contributed by atoms with van der Waals surface area (Å²) >= 11 is 0. The van der Waals surface area contributed by atoms with Gasteiger partial charge in [-0.1, -0.05) is 42.5 Å². The lowest BCUT2D eigenvalue weighted by Gasteiger charge is -2.15. The van der Waals surface area contributed by atoms with E-state index in [9.17, 15) is 9.59 Å². The first-order chi connectivity index (χ1) is 12.5. The van der Waals surface area contributed by atoms with Crippen molar-refractivity contribution in [2.45, 2.75) is 25.5 Å². The van der Waals surface area contributed by atoms with E-state index >= 15 is 0 Å². The number of aliphatic carboxylic acids is 1. The van der Waals surface area contributed by atoms with Crippen LogP contribution in [0.2, 0.25) is 0 Å². The van der Waals surface area contributed by atoms with E-state index < -0.39 is 12.1 Å². The van der Waals surface area contributed by atoms with Gasteiger partial charge in [0.2, 0.25) is 0 Å². The lowest BCUT2D eigenvalue weighted by molar-refractivity contribution is -0.148. The number of amides is 1. The Morgan fingerprint density at radius 2 is 1.73 bits per heavy atom. The van der Waals surface area contributed by atoms with Crippen molar-refractivity contribution >= 4 is 11.9 Å². The summed E-state index contributed by atoms with van der Waals surface area (Å²) in [6.45, 7) is 1.82. The number of hydrogen-bond acceptors (Lipinski definition) is 4. The van der Waals surface area contributed by atoms with Crippen LogP contribution in [0.15, 0.2) is 54.6 Å². The second-order valence-corrected chi connectivity index (χ2v) is 5.90. The summed E-state index contributed by atoms with van der Waals surface area (Å²) in [5.41, 5.74) is 1.84. The van der Waals surface area contributed by atoms with Gasteiger partial charge in [0, 0.05) is 13.5 Å². The van der Waals surface area contributed by atoms with Crippen molar-refractivity contribution < 1.29 is 24.2 Å². The number of benzene rings is 2. The van der Waals surface area contributed by atoms with Gasteiger partial charge in [0.15, 0.2) is 12.7 Å². The van der Waals surface area contributed by atoms with Gasteiger partial charge in [0.25, 0.3) is 5.91 Å². The Balaban J connectivity index is 1.82. The van der Waals surface area contributed by atoms with Crippen molar-refractivity contribution in [1.82, 2.24) is 5.32 Å². The average molecular weight is 357 g/mol. The fraction of sp³-hybridized carbons (Fsp3) is 0.300. The van der Waals surface area contributed by atoms with Gasteiger partial charge in [0.05, 0.1) is 6.04 Å². The molecular formula is C20H23NO5. The maximum Gasteiger partial charge on any atom is 0.333 e. The van der Waals surface area contributed by atoms with E-state index in [0.29, 0.717) is 5.75 Å². The SMILES string of the molecule is CO[C@@H](Cc1ccc(OCC(=O)N[C@H](C)c2ccccc2)cc1)C(=O)O. The zero-order valence-electron chi connectivity index (χ0n) is 14.8. The molecule has 2 aromatic carbocycles. The van der Waals surface area contributed by atoms with Crippen LogP contribution in [0.5, 0.6) is 5.75 Å². The standard InChI is InChI=1S/C20H23NO5/c1-14(16-6-4-3-5-7-16)21-19(22)13-26-17-10-8-15(9-11-17)12-18(25-2)20(23)24/h3-11,14,18H,12-13H2,1-2H3,(H,21,22)(H,23,24)/t14-,18+/m1/s1. The van der Waals surface area contributed by atoms with Gasteiger partial charge in [-0.15, -0.1) is 0 Å². The summed E-state index contributed by atoms with van der Waals surface area (Å²) in [5.74, 6) is -0.673. The number of hydrogen-bond donors (Lipinski definition) is 2. The minimum Gasteiger partial charge on any atom is -0.484 e. The highest BCUT2D eigenvalue weighted by Crippen LogP contribution is 2.15. The van der Waals surface area contributed by atoms with Gasteiger partial charge < -0.3 is 19.9 Å². The highest BCUT2D eigenvalue weighted by atomic mass is 16.5. The summed E-state index contributed by atoms with van der Waals surface area (Å²) < 4.78 is 10.4. The molecule has 2 N–H and O–H groups in total. The number of carbonyl (C=O) groups is 2. The minimum absolute atomic E-state index is 0.0909. The fourth-order valence-corrected chi connectivity index (χ4v) is 2.46. The highest BCUT2D eigenvalue weighted by molar-refractivity contribution is 5.78. The average Bonchev–Trinajstić information content (AvgIpc) is 2.65. The molecule has 0 saturated heterocycles. The van der Waals surface area contributed by atoms with E-state index in [1.165, 1.54) is 7.11 Å². The van der Waals surface area contributed by atoms with Crippen LogP contribution in [0.25, 0.3) is 0 Å². The van der Waals surface area contributed by atoms with Gasteiger partial charge in [0.1, 0.15) is 5.75 Å². The van der Waals surface area contributed by atoms with Crippen molar-refractivity contribution in [1.29, 1.82) is 0 Å². The molecule has 2 rings (SSSR count). The van der Waals surface area contributed by atoms with Gasteiger partial charge in [-0.25, -0.2) is 4.79 Å². The summed E-state index contributed by atoms with van der Waals surface area (Å²) in [5, 5.41) is 11.9. The Morgan fingerprint density at radius 3 is 2.31 bits per heavy atom. The van der Waals surface area contributed by atoms with Gasteiger partial charge in [-0.2, -0.15) is 0 Å². The third-order valence-corrected chi connectivity index (χ3v) is 3.95. The van der Waals surface area contributed by atoms with E-state index in [1.54, 1.807) is 24.3 Å². The molecule has 0 aliphatic heterocycles. The number of ether oxygens (including phenoxy) is 2. The van der Waals surface area contributed by atoms with Crippen molar-refractivity contribution in [3.05, 3.63) is 65.7 Å². The molecule has 2 atom stereocenters. The quantitative estimate of drug-likeness (QED) is 0.720. The number of carbonyl (C=O) groups excluding carboxylic acids is 1. The summed E-state index contributed by atoms with van der Waals surface area (Å²) in [7, 11) is 1.37. The molecule has 0 aliphatic carbocycles. The van der Waals surface area contributed by atoms with Crippen LogP contribution in [-0.2, 0) is 20.7 Å². The first-order valence-corrected chi connectivity index (χ1v) is 8.31. The Labute approximate surface area is 152 Å². The predicted molar refractivity (Wildman–Crippen MR) is 97.1 cm³/mol. The number of rotatable bonds is 9. The number of carboxylic acids is 1. The molecule has 0 radical (unpaired) electrons. The minimum atomic E-state index is -1.00. The van der Waals surface area contributed by atoms with E-state index in [-0.39, 0.29) is 25.0 Å². The molecule has 6 nitrogen and oxygen atoms in total. The lowest BCUT2D eigenvalue weighted by atomic mass is 10.1. The molecule has 138 valence electrons. The Kier molecular flexibility index (Phi) is 7.17. The van der Waals surface area contributed by atoms with Crippen molar-refractivity contribution in [3.63, 3.8) is 0 Å². The zero-order valence-corrected chi connectivity index (χ0v) is 14.8. The molecule has 1 amide bonds. The van der Waals surface area contributed by atoms with Crippen LogP contribution in [0.1, 0.15) is 24.1 Å². The van der Waals surface area contributed by atoms with Crippen LogP contribution in [0.3, 0.4) is 0 Å². The van der Waals surface area contributed by atoms with Crippen LogP contribution < -0.4 is 10.1 Å². The normalized spacial score (nSPS) is 12.8. The van der Waals surface area contributed by atoms with Gasteiger partial charge in [-0.3, -0.25) is 4.79 Å². The molecule has 0 heterocycles. The lowest BCUT2D eigenvalue weighted by Crippen LogP contribution is -2.31. The maximum absolute atomic E-state index is 12.0. The van der Waals surface area contributed by atoms with E-state index in [1.807, 2.05) is 37.3 Å². The Bertz CT molecular complexity index is 715. The summed E-state index contributed by atoms with van der Waals surface area (Å²) in [6.07, 6.45) is -0.617. The predicted octanol–water partition coefficient (Wildman–Crippen LogP) is 2.58. The van der Waals surface area contributed by atoms with Gasteiger partial charge in [-0.05, 0) is 30.2 Å². The van der Waals surface area contributed by atoms with E-state index in [4.69, 9.17) is 14.6 Å². The molecular weight excluding hydrogens is 334 g/mol. The van der Waals surface area contributed by atoms with Crippen molar-refractivity contribution in [2.24, 2.45) is 0 Å². The zero-order chi connectivity index (χ0) is 18.9. The summed E-state index contributed by atoms with van der Waals surface area (Å²) in [4.78, 5) is 23.0. The topological polar surface area (TPSA) is 84.9 Å². The number of methoxy groups -OCH3 is 1. The Morgan fingerprint density at radius 1 is 1.08 bits per heavy atom. The molecule has 2 aromatic rings. The fourth-order valence-electron chi connectivity index (χ4n) is 2.46. The second kappa shape index (κ2) is 9.58. The third-order valence-electron chi connectivity index (χ3n) is 3.95. The van der Waals surface area contributed by atoms with Crippen molar-refractivity contribution in [2.75, 3.05) is 13.7 Å². The molecule has 0 fully saturated rings. The van der Waals surface area contributed by atoms with Crippen LogP contribution in [0, 0.1) is 0 Å². The molecule has 26 heavy (non-hydrogen) atoms. The van der Waals surface area contributed by atoms with Crippen LogP contribution in [0.4, 0.5) is 0 Å². The molecule has 0 aliphatic rings. The molecule has 0 unspecified atom stereocenters.